The van der Waals surface area contributed by atoms with Gasteiger partial charge in [-0.2, -0.15) is 0 Å². The summed E-state index contributed by atoms with van der Waals surface area (Å²) in [7, 11) is 1.52. The Morgan fingerprint density at radius 3 is 2.36 bits per heavy atom. The van der Waals surface area contributed by atoms with Crippen molar-refractivity contribution in [3.05, 3.63) is 53.3 Å². The summed E-state index contributed by atoms with van der Waals surface area (Å²) in [4.78, 5) is 27.5. The molecule has 4 N–H and O–H groups in total. The Kier molecular flexibility index (Phi) is 5.47. The predicted molar refractivity (Wildman–Crippen MR) is 105 cm³/mol. The molecule has 0 saturated heterocycles. The van der Waals surface area contributed by atoms with E-state index in [2.05, 4.69) is 15.6 Å². The zero-order chi connectivity index (χ0) is 20.4. The highest BCUT2D eigenvalue weighted by Gasteiger charge is 2.68. The van der Waals surface area contributed by atoms with Gasteiger partial charge >= 0.3 is 0 Å². The average molecular weight is 385 g/mol. The van der Waals surface area contributed by atoms with Gasteiger partial charge in [0.2, 0.25) is 0 Å². The molecule has 1 aromatic carbocycles. The van der Waals surface area contributed by atoms with Gasteiger partial charge in [0, 0.05) is 18.7 Å². The first-order chi connectivity index (χ1) is 13.4. The van der Waals surface area contributed by atoms with Crippen LogP contribution in [-0.4, -0.2) is 40.1 Å². The molecule has 3 saturated carbocycles. The lowest BCUT2D eigenvalue weighted by Gasteiger charge is -2.67. The molecule has 7 nitrogen and oxygen atoms in total. The molecule has 2 amide bonds. The molecule has 0 unspecified atom stereocenters. The van der Waals surface area contributed by atoms with Crippen LogP contribution < -0.4 is 15.4 Å². The molecule has 0 atom stereocenters. The van der Waals surface area contributed by atoms with Crippen molar-refractivity contribution in [2.75, 3.05) is 7.05 Å². The number of aromatic nitrogens is 1. The lowest BCUT2D eigenvalue weighted by Crippen LogP contribution is -2.78. The van der Waals surface area contributed by atoms with Crippen LogP contribution in [0.1, 0.15) is 59.7 Å². The molecule has 3 fully saturated rings. The topological polar surface area (TPSA) is 103 Å². The molecule has 1 aromatic heterocycles. The zero-order valence-electron chi connectivity index (χ0n) is 16.5. The van der Waals surface area contributed by atoms with Crippen molar-refractivity contribution >= 4 is 11.8 Å². The third kappa shape index (κ3) is 3.75. The number of carbonyl (C=O) groups excluding carboxylic acids is 2. The Hall–Kier alpha value is -2.80. The zero-order valence-corrected chi connectivity index (χ0v) is 16.5. The predicted octanol–water partition coefficient (Wildman–Crippen LogP) is 2.38. The van der Waals surface area contributed by atoms with Gasteiger partial charge in [-0.05, 0) is 24.8 Å². The minimum absolute atomic E-state index is 0.213. The molecule has 28 heavy (non-hydrogen) atoms. The number of ether oxygens (including phenoxy) is 1. The van der Waals surface area contributed by atoms with Crippen LogP contribution >= 0.6 is 0 Å². The number of nitrogens with one attached hydrogen (secondary N) is 3. The number of hydrogen-bond donors (Lipinski definition) is 4. The van der Waals surface area contributed by atoms with E-state index in [4.69, 9.17) is 4.74 Å². The molecule has 150 valence electrons. The summed E-state index contributed by atoms with van der Waals surface area (Å²) in [5.41, 5.74) is 0.563. The van der Waals surface area contributed by atoms with Gasteiger partial charge in [0.25, 0.3) is 11.8 Å². The summed E-state index contributed by atoms with van der Waals surface area (Å²) in [6.45, 7) is 4.29. The first-order valence-electron chi connectivity index (χ1n) is 9.59. The largest absolute Gasteiger partial charge is 0.486 e. The lowest BCUT2D eigenvalue weighted by atomic mass is 9.46. The second kappa shape index (κ2) is 7.67. The monoisotopic (exact) mass is 385 g/mol. The van der Waals surface area contributed by atoms with E-state index in [0.717, 1.165) is 5.56 Å². The third-order valence-corrected chi connectivity index (χ3v) is 5.10. The molecule has 2 bridgehead atoms. The number of hydrogen-bond acceptors (Lipinski definition) is 4. The highest BCUT2D eigenvalue weighted by molar-refractivity contribution is 6.00. The maximum absolute atomic E-state index is 12.5. The minimum Gasteiger partial charge on any atom is -0.486 e. The number of rotatable bonds is 6. The SMILES string of the molecule is CC.CNC(=O)c1[nH]c(C(=O)NC23CC(O)(C2)C3)cc1OCc1ccccc1. The minimum atomic E-state index is -0.583. The van der Waals surface area contributed by atoms with Gasteiger partial charge in [0.15, 0.2) is 5.75 Å². The molecule has 5 rings (SSSR count). The van der Waals surface area contributed by atoms with E-state index >= 15 is 0 Å². The van der Waals surface area contributed by atoms with Crippen LogP contribution in [0.2, 0.25) is 0 Å². The molecular weight excluding hydrogens is 358 g/mol. The summed E-state index contributed by atoms with van der Waals surface area (Å²) >= 11 is 0. The Labute approximate surface area is 164 Å². The molecule has 3 aliphatic rings. The Morgan fingerprint density at radius 2 is 1.79 bits per heavy atom. The van der Waals surface area contributed by atoms with Gasteiger partial charge in [-0.1, -0.05) is 44.2 Å². The molecule has 1 heterocycles. The fourth-order valence-corrected chi connectivity index (χ4v) is 3.88. The van der Waals surface area contributed by atoms with E-state index in [-0.39, 0.29) is 28.7 Å². The van der Waals surface area contributed by atoms with E-state index in [0.29, 0.717) is 31.6 Å². The summed E-state index contributed by atoms with van der Waals surface area (Å²) in [6, 6.07) is 11.1. The fourth-order valence-electron chi connectivity index (χ4n) is 3.88. The second-order valence-electron chi connectivity index (χ2n) is 7.26. The number of H-pyrrole nitrogens is 1. The van der Waals surface area contributed by atoms with Crippen LogP contribution in [0.4, 0.5) is 0 Å². The van der Waals surface area contributed by atoms with Crippen molar-refractivity contribution < 1.29 is 19.4 Å². The second-order valence-corrected chi connectivity index (χ2v) is 7.26. The lowest BCUT2D eigenvalue weighted by molar-refractivity contribution is -0.215. The molecule has 2 aromatic rings. The number of aliphatic hydroxyl groups is 1. The number of amides is 2. The maximum Gasteiger partial charge on any atom is 0.271 e. The Balaban J connectivity index is 0.00000109. The average Bonchev–Trinajstić information content (AvgIpc) is 3.10. The van der Waals surface area contributed by atoms with Crippen molar-refractivity contribution in [2.24, 2.45) is 0 Å². The van der Waals surface area contributed by atoms with Gasteiger partial charge in [-0.3, -0.25) is 9.59 Å². The van der Waals surface area contributed by atoms with Crippen molar-refractivity contribution in [3.63, 3.8) is 0 Å². The summed E-state index contributed by atoms with van der Waals surface area (Å²) in [5.74, 6) is -0.326. The van der Waals surface area contributed by atoms with Crippen LogP contribution in [0, 0.1) is 0 Å². The van der Waals surface area contributed by atoms with Crippen LogP contribution in [-0.2, 0) is 6.61 Å². The van der Waals surface area contributed by atoms with Gasteiger partial charge in [0.05, 0.1) is 5.60 Å². The quantitative estimate of drug-likeness (QED) is 0.613. The van der Waals surface area contributed by atoms with Gasteiger partial charge < -0.3 is 25.5 Å². The number of aromatic amines is 1. The van der Waals surface area contributed by atoms with Crippen LogP contribution in [0.3, 0.4) is 0 Å². The van der Waals surface area contributed by atoms with Gasteiger partial charge in [0.1, 0.15) is 18.0 Å². The number of benzene rings is 1. The summed E-state index contributed by atoms with van der Waals surface area (Å²) in [5, 5.41) is 15.3. The normalized spacial score (nSPS) is 24.0. The molecular formula is C21H27N3O4. The molecule has 0 aliphatic heterocycles. The van der Waals surface area contributed by atoms with E-state index in [1.807, 2.05) is 44.2 Å². The highest BCUT2D eigenvalue weighted by Crippen LogP contribution is 2.60. The Bertz CT molecular complexity index is 840. The highest BCUT2D eigenvalue weighted by atomic mass is 16.5. The molecule has 7 heteroatoms. The van der Waals surface area contributed by atoms with E-state index in [9.17, 15) is 14.7 Å². The van der Waals surface area contributed by atoms with E-state index < -0.39 is 5.60 Å². The van der Waals surface area contributed by atoms with Gasteiger partial charge in [-0.25, -0.2) is 0 Å². The smallest absolute Gasteiger partial charge is 0.271 e. The number of carbonyl (C=O) groups is 2. The van der Waals surface area contributed by atoms with Gasteiger partial charge in [-0.15, -0.1) is 0 Å². The first-order valence-corrected chi connectivity index (χ1v) is 9.59. The fraction of sp³-hybridized carbons (Fsp3) is 0.429. The van der Waals surface area contributed by atoms with Crippen LogP contribution in [0.5, 0.6) is 5.75 Å². The first kappa shape index (κ1) is 19.9. The Morgan fingerprint density at radius 1 is 1.14 bits per heavy atom. The molecule has 0 radical (unpaired) electrons. The van der Waals surface area contributed by atoms with Crippen molar-refractivity contribution in [1.29, 1.82) is 0 Å². The van der Waals surface area contributed by atoms with E-state index in [1.165, 1.54) is 7.05 Å². The van der Waals surface area contributed by atoms with E-state index in [1.54, 1.807) is 6.07 Å². The molecule has 0 spiro atoms. The third-order valence-electron chi connectivity index (χ3n) is 5.10. The summed E-state index contributed by atoms with van der Waals surface area (Å²) < 4.78 is 5.76. The standard InChI is InChI=1S/C19H21N3O4.C2H6/c1-20-17(24)15-14(26-8-12-5-3-2-4-6-12)7-13(21-15)16(23)22-18-9-19(25,10-18)11-18;1-2/h2-7,21,25H,8-11H2,1H3,(H,20,24)(H,22,23);1-2H3. The maximum atomic E-state index is 12.5. The van der Waals surface area contributed by atoms with Crippen LogP contribution in [0.25, 0.3) is 0 Å². The van der Waals surface area contributed by atoms with Crippen LogP contribution in [0.15, 0.2) is 36.4 Å². The molecule has 3 aliphatic carbocycles. The van der Waals surface area contributed by atoms with Crippen molar-refractivity contribution in [2.45, 2.75) is 50.9 Å². The van der Waals surface area contributed by atoms with Crippen molar-refractivity contribution in [3.8, 4) is 5.75 Å². The van der Waals surface area contributed by atoms with Crippen molar-refractivity contribution in [1.82, 2.24) is 15.6 Å². The summed E-state index contributed by atoms with van der Waals surface area (Å²) in [6.07, 6.45) is 1.77.